The molecule has 0 saturated carbocycles. The van der Waals surface area contributed by atoms with Crippen LogP contribution in [-0.2, 0) is 4.79 Å². The molecule has 2 aromatic rings. The first-order valence-electron chi connectivity index (χ1n) is 8.99. The largest absolute Gasteiger partial charge is 0.497 e. The minimum absolute atomic E-state index is 0.110. The Kier molecular flexibility index (Phi) is 4.39. The number of hydrogen-bond acceptors (Lipinski definition) is 4. The summed E-state index contributed by atoms with van der Waals surface area (Å²) < 4.78 is 5.18. The zero-order chi connectivity index (χ0) is 19.0. The van der Waals surface area contributed by atoms with E-state index in [1.54, 1.807) is 60.5 Å². The fourth-order valence-electron chi connectivity index (χ4n) is 3.80. The van der Waals surface area contributed by atoms with Gasteiger partial charge in [0, 0.05) is 12.1 Å². The monoisotopic (exact) mass is 364 g/mol. The number of fused-ring (bicyclic) bond motifs is 2. The van der Waals surface area contributed by atoms with Crippen LogP contribution in [0, 0.1) is 0 Å². The van der Waals surface area contributed by atoms with E-state index in [0.717, 1.165) is 6.42 Å². The normalized spacial score (nSPS) is 18.8. The lowest BCUT2D eigenvalue weighted by molar-refractivity contribution is -0.122. The Morgan fingerprint density at radius 3 is 2.78 bits per heavy atom. The Balaban J connectivity index is 1.71. The quantitative estimate of drug-likeness (QED) is 0.782. The van der Waals surface area contributed by atoms with Crippen LogP contribution in [0.5, 0.6) is 5.75 Å². The van der Waals surface area contributed by atoms with E-state index < -0.39 is 6.04 Å². The van der Waals surface area contributed by atoms with Gasteiger partial charge in [0.15, 0.2) is 5.78 Å². The number of amides is 2. The van der Waals surface area contributed by atoms with Crippen LogP contribution in [-0.4, -0.2) is 48.7 Å². The zero-order valence-corrected chi connectivity index (χ0v) is 15.1. The van der Waals surface area contributed by atoms with Gasteiger partial charge in [-0.2, -0.15) is 0 Å². The van der Waals surface area contributed by atoms with Gasteiger partial charge in [0.05, 0.1) is 24.9 Å². The number of rotatable bonds is 4. The molecule has 2 aliphatic heterocycles. The minimum Gasteiger partial charge on any atom is -0.497 e. The molecule has 4 rings (SSSR count). The van der Waals surface area contributed by atoms with Gasteiger partial charge >= 0.3 is 0 Å². The van der Waals surface area contributed by atoms with Crippen molar-refractivity contribution in [3.05, 3.63) is 59.7 Å². The van der Waals surface area contributed by atoms with Crippen LogP contribution in [0.3, 0.4) is 0 Å². The van der Waals surface area contributed by atoms with Crippen LogP contribution in [0.1, 0.15) is 33.6 Å². The number of Topliss-reactive ketones (excluding diaryl/α,β-unsaturated/α-hetero) is 1. The summed E-state index contributed by atoms with van der Waals surface area (Å²) in [6.45, 7) is 0.460. The standard InChI is InChI=1S/C21H20N2O4/c1-27-15-7-4-6-14(12-15)19(24)13-23-17-9-3-2-8-16(17)20(25)22-11-5-10-18(22)21(23)26/h2-4,6-9,12,18H,5,10-11,13H2,1H3/t18-/m0/s1. The van der Waals surface area contributed by atoms with E-state index in [2.05, 4.69) is 0 Å². The van der Waals surface area contributed by atoms with Crippen molar-refractivity contribution >= 4 is 23.3 Å². The van der Waals surface area contributed by atoms with Gasteiger partial charge in [-0.15, -0.1) is 0 Å². The first-order valence-corrected chi connectivity index (χ1v) is 8.99. The second-order valence-electron chi connectivity index (χ2n) is 6.75. The molecule has 6 nitrogen and oxygen atoms in total. The summed E-state index contributed by atoms with van der Waals surface area (Å²) in [7, 11) is 1.54. The summed E-state index contributed by atoms with van der Waals surface area (Å²) in [5, 5.41) is 0. The summed E-state index contributed by atoms with van der Waals surface area (Å²) in [4.78, 5) is 42.0. The van der Waals surface area contributed by atoms with Crippen molar-refractivity contribution in [2.45, 2.75) is 18.9 Å². The second-order valence-corrected chi connectivity index (χ2v) is 6.75. The Hall–Kier alpha value is -3.15. The molecular weight excluding hydrogens is 344 g/mol. The smallest absolute Gasteiger partial charge is 0.256 e. The van der Waals surface area contributed by atoms with Gasteiger partial charge in [-0.25, -0.2) is 0 Å². The average molecular weight is 364 g/mol. The predicted octanol–water partition coefficient (Wildman–Crippen LogP) is 2.53. The zero-order valence-electron chi connectivity index (χ0n) is 15.1. The first-order chi connectivity index (χ1) is 13.1. The molecule has 0 radical (unpaired) electrons. The van der Waals surface area contributed by atoms with Crippen LogP contribution in [0.15, 0.2) is 48.5 Å². The van der Waals surface area contributed by atoms with E-state index in [0.29, 0.717) is 35.5 Å². The Morgan fingerprint density at radius 1 is 1.15 bits per heavy atom. The van der Waals surface area contributed by atoms with Crippen molar-refractivity contribution in [3.63, 3.8) is 0 Å². The number of carbonyl (C=O) groups is 3. The predicted molar refractivity (Wildman–Crippen MR) is 100 cm³/mol. The molecular formula is C21H20N2O4. The number of ether oxygens (including phenoxy) is 1. The third-order valence-corrected chi connectivity index (χ3v) is 5.18. The van der Waals surface area contributed by atoms with Crippen LogP contribution in [0.25, 0.3) is 0 Å². The van der Waals surface area contributed by atoms with Gasteiger partial charge in [0.1, 0.15) is 11.8 Å². The highest BCUT2D eigenvalue weighted by atomic mass is 16.5. The van der Waals surface area contributed by atoms with Crippen molar-refractivity contribution in [2.75, 3.05) is 25.1 Å². The molecule has 1 saturated heterocycles. The topological polar surface area (TPSA) is 66.9 Å². The molecule has 2 heterocycles. The lowest BCUT2D eigenvalue weighted by Crippen LogP contribution is -2.46. The van der Waals surface area contributed by atoms with E-state index in [4.69, 9.17) is 4.74 Å². The fourth-order valence-corrected chi connectivity index (χ4v) is 3.80. The molecule has 0 aromatic heterocycles. The van der Waals surface area contributed by atoms with Crippen molar-refractivity contribution in [2.24, 2.45) is 0 Å². The molecule has 1 atom stereocenters. The number of para-hydroxylation sites is 1. The van der Waals surface area contributed by atoms with Crippen molar-refractivity contribution in [1.82, 2.24) is 4.90 Å². The van der Waals surface area contributed by atoms with Crippen LogP contribution in [0.2, 0.25) is 0 Å². The molecule has 27 heavy (non-hydrogen) atoms. The molecule has 0 bridgehead atoms. The summed E-state index contributed by atoms with van der Waals surface area (Å²) in [6, 6.07) is 13.4. The SMILES string of the molecule is COc1cccc(C(=O)CN2C(=O)[C@@H]3CCCN3C(=O)c3ccccc32)c1. The Labute approximate surface area is 157 Å². The van der Waals surface area contributed by atoms with E-state index in [-0.39, 0.29) is 24.1 Å². The molecule has 0 unspecified atom stereocenters. The summed E-state index contributed by atoms with van der Waals surface area (Å²) in [5.41, 5.74) is 1.44. The minimum atomic E-state index is -0.497. The van der Waals surface area contributed by atoms with Gasteiger partial charge in [-0.1, -0.05) is 24.3 Å². The Bertz CT molecular complexity index is 924. The van der Waals surface area contributed by atoms with E-state index >= 15 is 0 Å². The molecule has 2 amide bonds. The fraction of sp³-hybridized carbons (Fsp3) is 0.286. The summed E-state index contributed by atoms with van der Waals surface area (Å²) >= 11 is 0. The van der Waals surface area contributed by atoms with Crippen molar-refractivity contribution in [3.8, 4) is 5.75 Å². The summed E-state index contributed by atoms with van der Waals surface area (Å²) in [5.74, 6) is 0.0522. The van der Waals surface area contributed by atoms with Gasteiger partial charge in [-0.05, 0) is 37.1 Å². The number of nitrogens with zero attached hydrogens (tertiary/aromatic N) is 2. The molecule has 6 heteroatoms. The van der Waals surface area contributed by atoms with Gasteiger partial charge in [0.25, 0.3) is 5.91 Å². The molecule has 0 spiro atoms. The van der Waals surface area contributed by atoms with Gasteiger partial charge in [0.2, 0.25) is 5.91 Å². The van der Waals surface area contributed by atoms with Gasteiger partial charge in [-0.3, -0.25) is 14.4 Å². The van der Waals surface area contributed by atoms with Crippen LogP contribution < -0.4 is 9.64 Å². The lowest BCUT2D eigenvalue weighted by atomic mass is 10.1. The molecule has 0 aliphatic carbocycles. The number of ketones is 1. The van der Waals surface area contributed by atoms with E-state index in [1.165, 1.54) is 4.90 Å². The van der Waals surface area contributed by atoms with Crippen molar-refractivity contribution < 1.29 is 19.1 Å². The maximum Gasteiger partial charge on any atom is 0.256 e. The van der Waals surface area contributed by atoms with Gasteiger partial charge < -0.3 is 14.5 Å². The number of anilines is 1. The van der Waals surface area contributed by atoms with Crippen molar-refractivity contribution in [1.29, 1.82) is 0 Å². The number of carbonyl (C=O) groups excluding carboxylic acids is 3. The first kappa shape index (κ1) is 17.3. The highest BCUT2D eigenvalue weighted by molar-refractivity contribution is 6.14. The molecule has 2 aliphatic rings. The lowest BCUT2D eigenvalue weighted by Gasteiger charge is -2.25. The maximum absolute atomic E-state index is 13.2. The number of methoxy groups -OCH3 is 1. The third kappa shape index (κ3) is 2.97. The van der Waals surface area contributed by atoms with Crippen LogP contribution >= 0.6 is 0 Å². The van der Waals surface area contributed by atoms with E-state index in [9.17, 15) is 14.4 Å². The van der Waals surface area contributed by atoms with E-state index in [1.807, 2.05) is 0 Å². The summed E-state index contributed by atoms with van der Waals surface area (Å²) in [6.07, 6.45) is 1.42. The molecule has 138 valence electrons. The number of benzene rings is 2. The average Bonchev–Trinajstić information content (AvgIpc) is 3.18. The number of hydrogen-bond donors (Lipinski definition) is 0. The third-order valence-electron chi connectivity index (χ3n) is 5.18. The second kappa shape index (κ2) is 6.87. The highest BCUT2D eigenvalue weighted by Gasteiger charge is 2.42. The molecule has 0 N–H and O–H groups in total. The Morgan fingerprint density at radius 2 is 1.96 bits per heavy atom. The van der Waals surface area contributed by atoms with Crippen LogP contribution in [0.4, 0.5) is 5.69 Å². The maximum atomic E-state index is 13.2. The highest BCUT2D eigenvalue weighted by Crippen LogP contribution is 2.32. The molecule has 1 fully saturated rings. The molecule has 2 aromatic carbocycles.